The highest BCUT2D eigenvalue weighted by atomic mass is 32.2. The van der Waals surface area contributed by atoms with Crippen LogP contribution in [0.2, 0.25) is 0 Å². The molecule has 0 aliphatic rings. The first kappa shape index (κ1) is 12.0. The molecular weight excluding hydrogens is 208 g/mol. The van der Waals surface area contributed by atoms with Crippen LogP contribution in [0.1, 0.15) is 18.9 Å². The van der Waals surface area contributed by atoms with Crippen LogP contribution in [0, 0.1) is 6.92 Å². The summed E-state index contributed by atoms with van der Waals surface area (Å²) >= 11 is 0. The summed E-state index contributed by atoms with van der Waals surface area (Å²) in [6, 6.07) is 6.95. The lowest BCUT2D eigenvalue weighted by Crippen LogP contribution is -2.04. The van der Waals surface area contributed by atoms with Gasteiger partial charge in [-0.2, -0.15) is 0 Å². The van der Waals surface area contributed by atoms with Crippen molar-refractivity contribution in [3.8, 4) is 0 Å². The SMILES string of the molecule is CC/C=C/CS(=O)(=O)c1ccc(C)cc1. The smallest absolute Gasteiger partial charge is 0.181 e. The summed E-state index contributed by atoms with van der Waals surface area (Å²) in [6.45, 7) is 3.92. The monoisotopic (exact) mass is 224 g/mol. The largest absolute Gasteiger partial charge is 0.223 e. The summed E-state index contributed by atoms with van der Waals surface area (Å²) in [4.78, 5) is 0.397. The quantitative estimate of drug-likeness (QED) is 0.737. The highest BCUT2D eigenvalue weighted by molar-refractivity contribution is 7.91. The fourth-order valence-corrected chi connectivity index (χ4v) is 2.34. The molecule has 0 unspecified atom stereocenters. The Morgan fingerprint density at radius 2 is 1.73 bits per heavy atom. The Kier molecular flexibility index (Phi) is 4.09. The van der Waals surface area contributed by atoms with Gasteiger partial charge in [0.15, 0.2) is 9.84 Å². The molecule has 0 bridgehead atoms. The zero-order valence-corrected chi connectivity index (χ0v) is 9.92. The molecule has 0 aromatic heterocycles. The maximum absolute atomic E-state index is 11.8. The normalized spacial score (nSPS) is 12.1. The molecule has 1 aromatic rings. The summed E-state index contributed by atoms with van der Waals surface area (Å²) in [5.74, 6) is 0.0872. The van der Waals surface area contributed by atoms with Crippen molar-refractivity contribution in [2.24, 2.45) is 0 Å². The third-order valence-electron chi connectivity index (χ3n) is 2.10. The van der Waals surface area contributed by atoms with Gasteiger partial charge < -0.3 is 0 Å². The van der Waals surface area contributed by atoms with Gasteiger partial charge in [0.2, 0.25) is 0 Å². The van der Waals surface area contributed by atoms with E-state index in [-0.39, 0.29) is 5.75 Å². The molecule has 0 radical (unpaired) electrons. The van der Waals surface area contributed by atoms with E-state index in [1.165, 1.54) is 0 Å². The Hall–Kier alpha value is -1.09. The van der Waals surface area contributed by atoms with Crippen LogP contribution < -0.4 is 0 Å². The van der Waals surface area contributed by atoms with Crippen LogP contribution in [0.15, 0.2) is 41.3 Å². The molecule has 0 N–H and O–H groups in total. The zero-order valence-electron chi connectivity index (χ0n) is 9.10. The third kappa shape index (κ3) is 3.51. The second-order valence-electron chi connectivity index (χ2n) is 3.47. The van der Waals surface area contributed by atoms with Crippen LogP contribution in [0.3, 0.4) is 0 Å². The van der Waals surface area contributed by atoms with Crippen molar-refractivity contribution in [1.29, 1.82) is 0 Å². The number of aryl methyl sites for hydroxylation is 1. The second-order valence-corrected chi connectivity index (χ2v) is 5.51. The van der Waals surface area contributed by atoms with Gasteiger partial charge in [-0.1, -0.05) is 36.8 Å². The van der Waals surface area contributed by atoms with Crippen molar-refractivity contribution in [1.82, 2.24) is 0 Å². The Bertz CT molecular complexity index is 427. The Balaban J connectivity index is 2.87. The van der Waals surface area contributed by atoms with E-state index in [1.54, 1.807) is 18.2 Å². The predicted molar refractivity (Wildman–Crippen MR) is 62.7 cm³/mol. The summed E-state index contributed by atoms with van der Waals surface area (Å²) in [5, 5.41) is 0. The fourth-order valence-electron chi connectivity index (χ4n) is 1.20. The van der Waals surface area contributed by atoms with Gasteiger partial charge in [0.25, 0.3) is 0 Å². The van der Waals surface area contributed by atoms with Crippen LogP contribution in [-0.4, -0.2) is 14.2 Å². The molecule has 1 aromatic carbocycles. The van der Waals surface area contributed by atoms with Crippen LogP contribution >= 0.6 is 0 Å². The van der Waals surface area contributed by atoms with Crippen LogP contribution in [0.5, 0.6) is 0 Å². The van der Waals surface area contributed by atoms with E-state index in [0.717, 1.165) is 12.0 Å². The van der Waals surface area contributed by atoms with E-state index in [0.29, 0.717) is 4.90 Å². The lowest BCUT2D eigenvalue weighted by atomic mass is 10.2. The molecule has 0 aliphatic heterocycles. The van der Waals surface area contributed by atoms with Crippen molar-refractivity contribution in [2.45, 2.75) is 25.2 Å². The Labute approximate surface area is 91.6 Å². The van der Waals surface area contributed by atoms with Crippen molar-refractivity contribution in [3.63, 3.8) is 0 Å². The number of hydrogen-bond acceptors (Lipinski definition) is 2. The van der Waals surface area contributed by atoms with E-state index in [1.807, 2.05) is 32.1 Å². The molecule has 15 heavy (non-hydrogen) atoms. The van der Waals surface area contributed by atoms with Gasteiger partial charge in [0.05, 0.1) is 10.6 Å². The average Bonchev–Trinajstić information content (AvgIpc) is 2.18. The highest BCUT2D eigenvalue weighted by Gasteiger charge is 2.11. The third-order valence-corrected chi connectivity index (χ3v) is 3.72. The van der Waals surface area contributed by atoms with Crippen LogP contribution in [-0.2, 0) is 9.84 Å². The molecule has 0 saturated heterocycles. The topological polar surface area (TPSA) is 34.1 Å². The molecule has 0 atom stereocenters. The maximum atomic E-state index is 11.8. The van der Waals surface area contributed by atoms with Crippen LogP contribution in [0.25, 0.3) is 0 Å². The van der Waals surface area contributed by atoms with Gasteiger partial charge in [-0.3, -0.25) is 0 Å². The number of hydrogen-bond donors (Lipinski definition) is 0. The minimum atomic E-state index is -3.14. The number of allylic oxidation sites excluding steroid dienone is 1. The minimum absolute atomic E-state index is 0.0872. The van der Waals surface area contributed by atoms with Crippen molar-refractivity contribution < 1.29 is 8.42 Å². The minimum Gasteiger partial charge on any atom is -0.223 e. The molecule has 82 valence electrons. The van der Waals surface area contributed by atoms with Crippen molar-refractivity contribution in [2.75, 3.05) is 5.75 Å². The first-order valence-corrected chi connectivity index (χ1v) is 6.66. The van der Waals surface area contributed by atoms with E-state index in [4.69, 9.17) is 0 Å². The zero-order chi connectivity index (χ0) is 11.3. The molecule has 0 fully saturated rings. The molecule has 0 spiro atoms. The van der Waals surface area contributed by atoms with Crippen molar-refractivity contribution >= 4 is 9.84 Å². The molecule has 0 saturated carbocycles. The van der Waals surface area contributed by atoms with E-state index >= 15 is 0 Å². The number of benzene rings is 1. The molecule has 0 amide bonds. The van der Waals surface area contributed by atoms with E-state index in [2.05, 4.69) is 0 Å². The summed E-state index contributed by atoms with van der Waals surface area (Å²) in [6.07, 6.45) is 4.43. The number of rotatable bonds is 4. The van der Waals surface area contributed by atoms with Gasteiger partial charge in [-0.05, 0) is 25.5 Å². The van der Waals surface area contributed by atoms with E-state index < -0.39 is 9.84 Å². The van der Waals surface area contributed by atoms with Gasteiger partial charge in [-0.15, -0.1) is 0 Å². The Morgan fingerprint density at radius 3 is 2.27 bits per heavy atom. The molecule has 0 heterocycles. The Morgan fingerprint density at radius 1 is 1.13 bits per heavy atom. The lowest BCUT2D eigenvalue weighted by Gasteiger charge is -2.01. The molecule has 0 aliphatic carbocycles. The standard InChI is InChI=1S/C12H16O2S/c1-3-4-5-10-15(13,14)12-8-6-11(2)7-9-12/h4-9H,3,10H2,1-2H3/b5-4+. The molecular formula is C12H16O2S. The predicted octanol–water partition coefficient (Wildman–Crippen LogP) is 2.73. The van der Waals surface area contributed by atoms with Gasteiger partial charge in [0.1, 0.15) is 0 Å². The van der Waals surface area contributed by atoms with Gasteiger partial charge in [-0.25, -0.2) is 8.42 Å². The molecule has 2 nitrogen and oxygen atoms in total. The summed E-state index contributed by atoms with van der Waals surface area (Å²) < 4.78 is 23.5. The van der Waals surface area contributed by atoms with Crippen molar-refractivity contribution in [3.05, 3.63) is 42.0 Å². The fraction of sp³-hybridized carbons (Fsp3) is 0.333. The summed E-state index contributed by atoms with van der Waals surface area (Å²) in [5.41, 5.74) is 1.07. The molecule has 3 heteroatoms. The van der Waals surface area contributed by atoms with Gasteiger partial charge >= 0.3 is 0 Å². The maximum Gasteiger partial charge on any atom is 0.181 e. The molecule has 1 rings (SSSR count). The first-order valence-electron chi connectivity index (χ1n) is 5.00. The summed E-state index contributed by atoms with van der Waals surface area (Å²) in [7, 11) is -3.14. The number of sulfone groups is 1. The second kappa shape index (κ2) is 5.12. The van der Waals surface area contributed by atoms with E-state index in [9.17, 15) is 8.42 Å². The first-order chi connectivity index (χ1) is 7.06. The average molecular weight is 224 g/mol. The van der Waals surface area contributed by atoms with Crippen LogP contribution in [0.4, 0.5) is 0 Å². The lowest BCUT2D eigenvalue weighted by molar-refractivity contribution is 0.599. The van der Waals surface area contributed by atoms with Gasteiger partial charge in [0, 0.05) is 0 Å². The highest BCUT2D eigenvalue weighted by Crippen LogP contribution is 2.12.